The maximum Gasteiger partial charge on any atom is 0.573 e. The highest BCUT2D eigenvalue weighted by molar-refractivity contribution is 6.32. The van der Waals surface area contributed by atoms with Gasteiger partial charge >= 0.3 is 12.5 Å². The second-order valence-electron chi connectivity index (χ2n) is 9.46. The minimum absolute atomic E-state index is 0.0188. The zero-order valence-electron chi connectivity index (χ0n) is 20.8. The molecule has 14 heteroatoms. The SMILES string of the molecule is O=C(OCc1ccc(OC(F)(F)F)c(Cl)c1)N1CCN(C2CCN(C(=O)c3ccc4[nH]nnc4c3)CC2)CC1. The minimum atomic E-state index is -4.84. The fourth-order valence-corrected chi connectivity index (χ4v) is 5.18. The van der Waals surface area contributed by atoms with Crippen molar-refractivity contribution in [2.75, 3.05) is 39.3 Å². The monoisotopic (exact) mass is 566 g/mol. The van der Waals surface area contributed by atoms with Crippen LogP contribution >= 0.6 is 11.6 Å². The van der Waals surface area contributed by atoms with Gasteiger partial charge in [-0.25, -0.2) is 4.79 Å². The Morgan fingerprint density at radius 1 is 1.00 bits per heavy atom. The molecule has 1 N–H and O–H groups in total. The number of piperidine rings is 1. The molecule has 2 saturated heterocycles. The van der Waals surface area contributed by atoms with Gasteiger partial charge in [0, 0.05) is 50.9 Å². The molecule has 0 unspecified atom stereocenters. The van der Waals surface area contributed by atoms with E-state index >= 15 is 0 Å². The molecule has 5 rings (SSSR count). The number of carbonyl (C=O) groups is 2. The van der Waals surface area contributed by atoms with Gasteiger partial charge in [-0.2, -0.15) is 0 Å². The van der Waals surface area contributed by atoms with E-state index in [0.29, 0.717) is 62.0 Å². The number of hydrogen-bond donors (Lipinski definition) is 1. The number of amides is 2. The Morgan fingerprint density at radius 3 is 2.44 bits per heavy atom. The maximum atomic E-state index is 13.0. The first-order valence-electron chi connectivity index (χ1n) is 12.5. The van der Waals surface area contributed by atoms with Crippen LogP contribution in [0.5, 0.6) is 5.75 Å². The van der Waals surface area contributed by atoms with Crippen molar-refractivity contribution in [3.05, 3.63) is 52.5 Å². The highest BCUT2D eigenvalue weighted by atomic mass is 35.5. The van der Waals surface area contributed by atoms with Crippen molar-refractivity contribution in [1.82, 2.24) is 30.1 Å². The highest BCUT2D eigenvalue weighted by Crippen LogP contribution is 2.31. The molecule has 2 fully saturated rings. The van der Waals surface area contributed by atoms with Crippen LogP contribution in [0.1, 0.15) is 28.8 Å². The summed E-state index contributed by atoms with van der Waals surface area (Å²) in [5.74, 6) is -0.534. The van der Waals surface area contributed by atoms with Gasteiger partial charge in [0.25, 0.3) is 5.91 Å². The molecule has 2 aliphatic heterocycles. The molecule has 208 valence electrons. The number of piperazine rings is 1. The third-order valence-electron chi connectivity index (χ3n) is 7.00. The van der Waals surface area contributed by atoms with Crippen molar-refractivity contribution in [2.45, 2.75) is 31.9 Å². The number of alkyl halides is 3. The van der Waals surface area contributed by atoms with Crippen LogP contribution in [-0.2, 0) is 11.3 Å². The summed E-state index contributed by atoms with van der Waals surface area (Å²) in [7, 11) is 0. The normalized spacial score (nSPS) is 17.4. The summed E-state index contributed by atoms with van der Waals surface area (Å²) in [6, 6.07) is 9.38. The van der Waals surface area contributed by atoms with Crippen molar-refractivity contribution >= 4 is 34.6 Å². The van der Waals surface area contributed by atoms with Crippen LogP contribution in [0.4, 0.5) is 18.0 Å². The lowest BCUT2D eigenvalue weighted by Crippen LogP contribution is -2.54. The number of benzene rings is 2. The molecule has 0 aliphatic carbocycles. The standard InChI is InChI=1S/C25H26ClF3N6O4/c26-19-13-16(1-4-22(19)39-25(27,28)29)15-38-24(37)35-11-9-33(10-12-35)18-5-7-34(8-6-18)23(36)17-2-3-20-21(14-17)31-32-30-20/h1-4,13-14,18H,5-12,15H2,(H,30,31,32). The van der Waals surface area contributed by atoms with Gasteiger partial charge in [-0.1, -0.05) is 22.9 Å². The van der Waals surface area contributed by atoms with Crippen LogP contribution in [-0.4, -0.2) is 93.8 Å². The number of H-pyrrole nitrogens is 1. The Labute approximate surface area is 226 Å². The summed E-state index contributed by atoms with van der Waals surface area (Å²) in [5.41, 5.74) is 2.48. The van der Waals surface area contributed by atoms with Crippen molar-refractivity contribution in [3.8, 4) is 5.75 Å². The zero-order valence-corrected chi connectivity index (χ0v) is 21.5. The molecule has 0 atom stereocenters. The van der Waals surface area contributed by atoms with Crippen molar-refractivity contribution < 1.29 is 32.2 Å². The molecule has 2 aromatic carbocycles. The van der Waals surface area contributed by atoms with E-state index in [9.17, 15) is 22.8 Å². The van der Waals surface area contributed by atoms with Gasteiger partial charge in [-0.05, 0) is 48.7 Å². The first-order chi connectivity index (χ1) is 18.7. The van der Waals surface area contributed by atoms with E-state index in [1.165, 1.54) is 12.1 Å². The molecule has 3 aromatic rings. The number of halogens is 4. The number of nitrogens with one attached hydrogen (secondary N) is 1. The third-order valence-corrected chi connectivity index (χ3v) is 7.29. The Bertz CT molecular complexity index is 1340. The highest BCUT2D eigenvalue weighted by Gasteiger charge is 2.33. The zero-order chi connectivity index (χ0) is 27.6. The quantitative estimate of drug-likeness (QED) is 0.496. The van der Waals surface area contributed by atoms with E-state index in [4.69, 9.17) is 16.3 Å². The van der Waals surface area contributed by atoms with Gasteiger partial charge in [0.2, 0.25) is 0 Å². The number of ether oxygens (including phenoxy) is 2. The number of likely N-dealkylation sites (tertiary alicyclic amines) is 1. The summed E-state index contributed by atoms with van der Waals surface area (Å²) in [6.07, 6.45) is -3.65. The molecule has 0 saturated carbocycles. The second kappa shape index (κ2) is 11.3. The lowest BCUT2D eigenvalue weighted by molar-refractivity contribution is -0.274. The number of fused-ring (bicyclic) bond motifs is 1. The number of nitrogens with zero attached hydrogens (tertiary/aromatic N) is 5. The van der Waals surface area contributed by atoms with Crippen molar-refractivity contribution in [2.24, 2.45) is 0 Å². The fraction of sp³-hybridized carbons (Fsp3) is 0.440. The largest absolute Gasteiger partial charge is 0.573 e. The second-order valence-corrected chi connectivity index (χ2v) is 9.86. The Morgan fingerprint density at radius 2 is 1.74 bits per heavy atom. The minimum Gasteiger partial charge on any atom is -0.445 e. The van der Waals surface area contributed by atoms with Gasteiger partial charge in [-0.3, -0.25) is 14.8 Å². The smallest absolute Gasteiger partial charge is 0.445 e. The number of aromatic amines is 1. The van der Waals surface area contributed by atoms with E-state index in [2.05, 4.69) is 25.0 Å². The average Bonchev–Trinajstić information content (AvgIpc) is 3.40. The van der Waals surface area contributed by atoms with Gasteiger partial charge in [0.15, 0.2) is 0 Å². The molecule has 2 amide bonds. The summed E-state index contributed by atoms with van der Waals surface area (Å²) < 4.78 is 46.4. The van der Waals surface area contributed by atoms with Gasteiger partial charge in [0.1, 0.15) is 17.9 Å². The summed E-state index contributed by atoms with van der Waals surface area (Å²) in [5, 5.41) is 10.3. The first kappa shape index (κ1) is 27.0. The van der Waals surface area contributed by atoms with Crippen molar-refractivity contribution in [3.63, 3.8) is 0 Å². The molecular formula is C25H26ClF3N6O4. The van der Waals surface area contributed by atoms with Crippen LogP contribution in [0.3, 0.4) is 0 Å². The number of aromatic nitrogens is 3. The molecule has 1 aromatic heterocycles. The molecule has 0 bridgehead atoms. The first-order valence-corrected chi connectivity index (χ1v) is 12.8. The Kier molecular flexibility index (Phi) is 7.80. The number of hydrogen-bond acceptors (Lipinski definition) is 7. The lowest BCUT2D eigenvalue weighted by atomic mass is 10.0. The van der Waals surface area contributed by atoms with Crippen LogP contribution in [0.15, 0.2) is 36.4 Å². The van der Waals surface area contributed by atoms with Crippen LogP contribution < -0.4 is 4.74 Å². The number of carbonyl (C=O) groups excluding carboxylic acids is 2. The molecular weight excluding hydrogens is 541 g/mol. The van der Waals surface area contributed by atoms with E-state index in [1.54, 1.807) is 23.1 Å². The molecule has 10 nitrogen and oxygen atoms in total. The topological polar surface area (TPSA) is 104 Å². The van der Waals surface area contributed by atoms with E-state index in [0.717, 1.165) is 24.4 Å². The maximum absolute atomic E-state index is 13.0. The van der Waals surface area contributed by atoms with E-state index in [1.807, 2.05) is 4.90 Å². The predicted molar refractivity (Wildman–Crippen MR) is 134 cm³/mol. The molecule has 3 heterocycles. The third kappa shape index (κ3) is 6.53. The molecule has 0 radical (unpaired) electrons. The lowest BCUT2D eigenvalue weighted by Gasteiger charge is -2.42. The fourth-order valence-electron chi connectivity index (χ4n) is 4.94. The van der Waals surface area contributed by atoms with Crippen LogP contribution in [0, 0.1) is 0 Å². The van der Waals surface area contributed by atoms with Gasteiger partial charge in [0.05, 0.1) is 10.5 Å². The summed E-state index contributed by atoms with van der Waals surface area (Å²) in [4.78, 5) is 31.3. The van der Waals surface area contributed by atoms with Crippen molar-refractivity contribution in [1.29, 1.82) is 0 Å². The van der Waals surface area contributed by atoms with Gasteiger partial charge in [-0.15, -0.1) is 18.3 Å². The Hall–Kier alpha value is -3.58. The molecule has 2 aliphatic rings. The molecule has 39 heavy (non-hydrogen) atoms. The summed E-state index contributed by atoms with van der Waals surface area (Å²) in [6.45, 7) is 3.54. The average molecular weight is 567 g/mol. The van der Waals surface area contributed by atoms with Crippen LogP contribution in [0.25, 0.3) is 11.0 Å². The van der Waals surface area contributed by atoms with E-state index < -0.39 is 18.2 Å². The van der Waals surface area contributed by atoms with Gasteiger partial charge < -0.3 is 19.3 Å². The van der Waals surface area contributed by atoms with E-state index in [-0.39, 0.29) is 17.5 Å². The predicted octanol–water partition coefficient (Wildman–Crippen LogP) is 4.07. The molecule has 0 spiro atoms. The summed E-state index contributed by atoms with van der Waals surface area (Å²) >= 11 is 5.85. The Balaban J connectivity index is 1.05. The number of rotatable bonds is 5. The van der Waals surface area contributed by atoms with Crippen LogP contribution in [0.2, 0.25) is 5.02 Å².